The quantitative estimate of drug-likeness (QED) is 0.237. The van der Waals surface area contributed by atoms with Crippen LogP contribution in [-0.4, -0.2) is 86.0 Å². The van der Waals surface area contributed by atoms with Crippen LogP contribution >= 0.6 is 0 Å². The van der Waals surface area contributed by atoms with Gasteiger partial charge in [0, 0.05) is 17.1 Å². The lowest BCUT2D eigenvalue weighted by atomic mass is 9.54. The van der Waals surface area contributed by atoms with Gasteiger partial charge in [0.25, 0.3) is 5.91 Å². The summed E-state index contributed by atoms with van der Waals surface area (Å²) in [6, 6.07) is 2.10. The Morgan fingerprint density at radius 2 is 1.74 bits per heavy atom. The molecule has 7 N–H and O–H groups in total. The second-order valence-electron chi connectivity index (χ2n) is 11.9. The lowest BCUT2D eigenvalue weighted by molar-refractivity contribution is -0.209. The molecular formula is C28H36N2O9. The summed E-state index contributed by atoms with van der Waals surface area (Å²) < 4.78 is 5.87. The maximum Gasteiger partial charge on any atom is 0.255 e. The molecule has 0 bridgehead atoms. The van der Waals surface area contributed by atoms with Gasteiger partial charge in [0.2, 0.25) is 5.78 Å². The zero-order valence-corrected chi connectivity index (χ0v) is 23.0. The number of phenols is 1. The summed E-state index contributed by atoms with van der Waals surface area (Å²) in [6.07, 6.45) is -2.76. The summed E-state index contributed by atoms with van der Waals surface area (Å²) in [7, 11) is 2.98. The van der Waals surface area contributed by atoms with Gasteiger partial charge < -0.3 is 36.0 Å². The minimum Gasteiger partial charge on any atom is -0.508 e. The predicted molar refractivity (Wildman–Crippen MR) is 140 cm³/mol. The van der Waals surface area contributed by atoms with Gasteiger partial charge >= 0.3 is 0 Å². The van der Waals surface area contributed by atoms with E-state index in [2.05, 4.69) is 0 Å². The molecule has 212 valence electrons. The molecule has 39 heavy (non-hydrogen) atoms. The van der Waals surface area contributed by atoms with Crippen molar-refractivity contribution in [1.82, 2.24) is 4.90 Å². The number of ketones is 2. The summed E-state index contributed by atoms with van der Waals surface area (Å²) in [5.41, 5.74) is 1.65. The molecule has 0 aliphatic heterocycles. The first-order valence-corrected chi connectivity index (χ1v) is 12.7. The third kappa shape index (κ3) is 3.90. The summed E-state index contributed by atoms with van der Waals surface area (Å²) >= 11 is 0. The second-order valence-corrected chi connectivity index (χ2v) is 11.9. The smallest absolute Gasteiger partial charge is 0.255 e. The van der Waals surface area contributed by atoms with Crippen LogP contribution in [0, 0.1) is 11.8 Å². The van der Waals surface area contributed by atoms with Crippen molar-refractivity contribution >= 4 is 23.2 Å². The van der Waals surface area contributed by atoms with E-state index in [-0.39, 0.29) is 16.9 Å². The normalized spacial score (nSPS) is 31.7. The third-order valence-corrected chi connectivity index (χ3v) is 8.26. The second kappa shape index (κ2) is 9.16. The van der Waals surface area contributed by atoms with Gasteiger partial charge in [-0.1, -0.05) is 39.8 Å². The van der Waals surface area contributed by atoms with Gasteiger partial charge in [-0.3, -0.25) is 19.3 Å². The van der Waals surface area contributed by atoms with E-state index in [4.69, 9.17) is 10.5 Å². The SMILES string of the molecule is C[C@@H](O)O[C@H]1[C@H]2C(=C(O)c3c(ccc(C(C)(C)C)c3O)[C@@H]2C)C(=O)[C@]2(O)C(O)=C(C(N)=O)C(=O)[C@@H](N(C)C)[C@H]12. The molecule has 0 aromatic heterocycles. The van der Waals surface area contributed by atoms with E-state index < -0.39 is 81.8 Å². The Hall–Kier alpha value is -3.25. The molecule has 3 aliphatic carbocycles. The van der Waals surface area contributed by atoms with E-state index in [0.717, 1.165) is 0 Å². The number of hydrogen-bond acceptors (Lipinski definition) is 10. The fourth-order valence-corrected chi connectivity index (χ4v) is 6.58. The minimum absolute atomic E-state index is 0.00186. The van der Waals surface area contributed by atoms with Crippen molar-refractivity contribution in [2.24, 2.45) is 17.6 Å². The van der Waals surface area contributed by atoms with E-state index in [0.29, 0.717) is 11.1 Å². The molecule has 11 heteroatoms. The van der Waals surface area contributed by atoms with Crippen LogP contribution in [0.5, 0.6) is 5.75 Å². The number of benzene rings is 1. The van der Waals surface area contributed by atoms with Crippen LogP contribution in [0.2, 0.25) is 0 Å². The van der Waals surface area contributed by atoms with Crippen molar-refractivity contribution < 1.29 is 44.7 Å². The summed E-state index contributed by atoms with van der Waals surface area (Å²) in [6.45, 7) is 8.65. The third-order valence-electron chi connectivity index (χ3n) is 8.26. The molecule has 11 nitrogen and oxygen atoms in total. The Kier molecular flexibility index (Phi) is 6.75. The Balaban J connectivity index is 2.12. The van der Waals surface area contributed by atoms with Crippen LogP contribution in [0.15, 0.2) is 29.0 Å². The maximum absolute atomic E-state index is 14.2. The van der Waals surface area contributed by atoms with E-state index in [1.165, 1.54) is 25.9 Å². The number of aliphatic hydroxyl groups excluding tert-OH is 3. The molecule has 3 aliphatic rings. The van der Waals surface area contributed by atoms with Crippen molar-refractivity contribution in [2.75, 3.05) is 14.1 Å². The summed E-state index contributed by atoms with van der Waals surface area (Å²) in [5, 5.41) is 56.2. The van der Waals surface area contributed by atoms with Crippen molar-refractivity contribution in [3.63, 3.8) is 0 Å². The van der Waals surface area contributed by atoms with E-state index >= 15 is 0 Å². The topological polar surface area (TPSA) is 191 Å². The number of aliphatic hydroxyl groups is 4. The van der Waals surface area contributed by atoms with Gasteiger partial charge in [-0.05, 0) is 37.9 Å². The molecule has 0 radical (unpaired) electrons. The molecule has 1 amide bonds. The number of amides is 1. The van der Waals surface area contributed by atoms with E-state index in [1.54, 1.807) is 19.1 Å². The molecule has 0 heterocycles. The van der Waals surface area contributed by atoms with Gasteiger partial charge in [0.1, 0.15) is 22.8 Å². The molecule has 0 spiro atoms. The van der Waals surface area contributed by atoms with Crippen LogP contribution in [0.4, 0.5) is 0 Å². The van der Waals surface area contributed by atoms with Crippen molar-refractivity contribution in [3.8, 4) is 5.75 Å². The lowest BCUT2D eigenvalue weighted by Crippen LogP contribution is -2.71. The number of fused-ring (bicyclic) bond motifs is 3. The van der Waals surface area contributed by atoms with Gasteiger partial charge in [-0.2, -0.15) is 0 Å². The first-order valence-electron chi connectivity index (χ1n) is 12.7. The standard InChI is InChI=1S/C28H36N2O9/c1-10-12-8-9-13(27(3,4)5)20(32)15(12)21(33)16-14(10)23(39-11(2)31)18-19(30(6)7)22(34)17(26(29)37)25(36)28(18,38)24(16)35/h8-11,14,18-19,23,31-33,36,38H,1-7H3,(H2,29,37)/t10-,11-,14+,18+,19-,23-,28-/m0/s1. The molecule has 1 aromatic rings. The Morgan fingerprint density at radius 1 is 1.15 bits per heavy atom. The molecule has 1 aromatic carbocycles. The van der Waals surface area contributed by atoms with Gasteiger partial charge in [-0.25, -0.2) is 0 Å². The number of hydrogen-bond donors (Lipinski definition) is 6. The average molecular weight is 545 g/mol. The Bertz CT molecular complexity index is 1340. The Labute approximate surface area is 226 Å². The highest BCUT2D eigenvalue weighted by Gasteiger charge is 2.69. The first kappa shape index (κ1) is 28.8. The number of likely N-dealkylation sites (N-methyl/N-ethyl adjacent to an activating group) is 1. The molecule has 1 fully saturated rings. The van der Waals surface area contributed by atoms with E-state index in [9.17, 15) is 39.9 Å². The monoisotopic (exact) mass is 544 g/mol. The first-order chi connectivity index (χ1) is 17.9. The molecule has 0 saturated heterocycles. The number of primary amides is 1. The van der Waals surface area contributed by atoms with E-state index in [1.807, 2.05) is 20.8 Å². The fraction of sp³-hybridized carbons (Fsp3) is 0.536. The van der Waals surface area contributed by atoms with Crippen LogP contribution in [0.3, 0.4) is 0 Å². The largest absolute Gasteiger partial charge is 0.508 e. The lowest BCUT2D eigenvalue weighted by Gasteiger charge is -2.55. The van der Waals surface area contributed by atoms with Crippen LogP contribution < -0.4 is 5.73 Å². The molecular weight excluding hydrogens is 508 g/mol. The number of carbonyl (C=O) groups is 3. The van der Waals surface area contributed by atoms with Crippen molar-refractivity contribution in [3.05, 3.63) is 45.7 Å². The number of aromatic hydroxyl groups is 1. The number of Topliss-reactive ketones (excluding diaryl/α,β-unsaturated/α-hetero) is 2. The Morgan fingerprint density at radius 3 is 2.23 bits per heavy atom. The zero-order valence-electron chi connectivity index (χ0n) is 23.0. The van der Waals surface area contributed by atoms with Gasteiger partial charge in [-0.15, -0.1) is 0 Å². The zero-order chi connectivity index (χ0) is 29.5. The maximum atomic E-state index is 14.2. The van der Waals surface area contributed by atoms with Crippen LogP contribution in [0.25, 0.3) is 5.76 Å². The number of carbonyl (C=O) groups excluding carboxylic acids is 3. The fourth-order valence-electron chi connectivity index (χ4n) is 6.58. The predicted octanol–water partition coefficient (Wildman–Crippen LogP) is 1.16. The number of ether oxygens (including phenoxy) is 1. The summed E-state index contributed by atoms with van der Waals surface area (Å²) in [4.78, 5) is 41.3. The highest BCUT2D eigenvalue weighted by molar-refractivity contribution is 6.24. The highest BCUT2D eigenvalue weighted by Crippen LogP contribution is 2.57. The van der Waals surface area contributed by atoms with Crippen LogP contribution in [-0.2, 0) is 24.5 Å². The number of nitrogens with two attached hydrogens (primary N) is 1. The van der Waals surface area contributed by atoms with Gasteiger partial charge in [0.05, 0.1) is 23.6 Å². The van der Waals surface area contributed by atoms with Gasteiger partial charge in [0.15, 0.2) is 17.7 Å². The molecule has 4 rings (SSSR count). The number of phenolic OH excluding ortho intramolecular Hbond substituents is 1. The summed E-state index contributed by atoms with van der Waals surface area (Å²) in [5.74, 6) is -8.66. The van der Waals surface area contributed by atoms with Crippen LogP contribution in [0.1, 0.15) is 57.2 Å². The molecule has 0 unspecified atom stereocenters. The van der Waals surface area contributed by atoms with Crippen molar-refractivity contribution in [2.45, 2.75) is 70.0 Å². The average Bonchev–Trinajstić information content (AvgIpc) is 2.79. The molecule has 1 saturated carbocycles. The number of rotatable bonds is 4. The molecule has 7 atom stereocenters. The minimum atomic E-state index is -2.92. The van der Waals surface area contributed by atoms with Crippen molar-refractivity contribution in [1.29, 1.82) is 0 Å². The highest BCUT2D eigenvalue weighted by atomic mass is 16.6. The number of nitrogens with zero attached hydrogens (tertiary/aromatic N) is 1.